The van der Waals surface area contributed by atoms with Crippen LogP contribution in [0, 0.1) is 5.92 Å². The van der Waals surface area contributed by atoms with Crippen LogP contribution in [0.15, 0.2) is 0 Å². The monoisotopic (exact) mass is 159 g/mol. The van der Waals surface area contributed by atoms with Gasteiger partial charge in [-0.2, -0.15) is 0 Å². The van der Waals surface area contributed by atoms with E-state index in [1.165, 1.54) is 12.8 Å². The number of rotatable bonds is 7. The van der Waals surface area contributed by atoms with E-state index in [4.69, 9.17) is 5.73 Å². The lowest BCUT2D eigenvalue weighted by molar-refractivity contribution is 0.466. The van der Waals surface area contributed by atoms with Crippen LogP contribution in [0.4, 0.5) is 0 Å². The molecule has 0 radical (unpaired) electrons. The predicted molar refractivity (Wildman–Crippen MR) is 49.4 cm³/mol. The number of hydrogen-bond acceptors (Lipinski definition) is 3. The first kappa shape index (κ1) is 10.9. The molecule has 0 aromatic rings. The molecule has 0 aliphatic heterocycles. The predicted octanol–water partition coefficient (Wildman–Crippen LogP) is 0.128. The van der Waals surface area contributed by atoms with Gasteiger partial charge in [-0.15, -0.1) is 0 Å². The van der Waals surface area contributed by atoms with Crippen molar-refractivity contribution in [3.8, 4) is 0 Å². The first-order chi connectivity index (χ1) is 5.31. The molecule has 0 bridgehead atoms. The number of nitrogens with one attached hydrogen (secondary N) is 2. The summed E-state index contributed by atoms with van der Waals surface area (Å²) in [5.41, 5.74) is 5.31. The SMILES string of the molecule is CNCCCC(C)CNCN. The second-order valence-electron chi connectivity index (χ2n) is 3.01. The Morgan fingerprint density at radius 2 is 2.18 bits per heavy atom. The maximum Gasteiger partial charge on any atom is 0.0428 e. The van der Waals surface area contributed by atoms with Crippen LogP contribution in [0.3, 0.4) is 0 Å². The fourth-order valence-electron chi connectivity index (χ4n) is 1.06. The Bertz CT molecular complexity index is 75.7. The van der Waals surface area contributed by atoms with Gasteiger partial charge in [0.25, 0.3) is 0 Å². The normalized spacial score (nSPS) is 13.4. The second-order valence-corrected chi connectivity index (χ2v) is 3.01. The van der Waals surface area contributed by atoms with Crippen molar-refractivity contribution in [2.24, 2.45) is 11.7 Å². The quantitative estimate of drug-likeness (QED) is 0.365. The fraction of sp³-hybridized carbons (Fsp3) is 1.00. The molecule has 1 unspecified atom stereocenters. The maximum absolute atomic E-state index is 5.31. The lowest BCUT2D eigenvalue weighted by Crippen LogP contribution is -2.27. The van der Waals surface area contributed by atoms with E-state index < -0.39 is 0 Å². The van der Waals surface area contributed by atoms with E-state index in [-0.39, 0.29) is 0 Å². The highest BCUT2D eigenvalue weighted by molar-refractivity contribution is 4.56. The fourth-order valence-corrected chi connectivity index (χ4v) is 1.06. The van der Waals surface area contributed by atoms with Crippen LogP contribution in [0.5, 0.6) is 0 Å². The van der Waals surface area contributed by atoms with E-state index >= 15 is 0 Å². The highest BCUT2D eigenvalue weighted by Gasteiger charge is 1.98. The van der Waals surface area contributed by atoms with Crippen molar-refractivity contribution < 1.29 is 0 Å². The molecule has 0 spiro atoms. The molecule has 0 aliphatic rings. The minimum Gasteiger partial charge on any atom is -0.320 e. The minimum absolute atomic E-state index is 0.594. The zero-order valence-electron chi connectivity index (χ0n) is 7.69. The zero-order chi connectivity index (χ0) is 8.53. The number of nitrogens with two attached hydrogens (primary N) is 1. The van der Waals surface area contributed by atoms with Gasteiger partial charge >= 0.3 is 0 Å². The van der Waals surface area contributed by atoms with Gasteiger partial charge in [0, 0.05) is 6.67 Å². The van der Waals surface area contributed by atoms with Crippen molar-refractivity contribution in [3.05, 3.63) is 0 Å². The Kier molecular flexibility index (Phi) is 7.89. The molecule has 0 saturated carbocycles. The molecular weight excluding hydrogens is 138 g/mol. The first-order valence-corrected chi connectivity index (χ1v) is 4.36. The Balaban J connectivity index is 3.02. The summed E-state index contributed by atoms with van der Waals surface area (Å²) in [6.07, 6.45) is 2.53. The van der Waals surface area contributed by atoms with Gasteiger partial charge in [0.1, 0.15) is 0 Å². The van der Waals surface area contributed by atoms with E-state index in [0.29, 0.717) is 6.67 Å². The first-order valence-electron chi connectivity index (χ1n) is 4.36. The molecule has 3 heteroatoms. The topological polar surface area (TPSA) is 50.1 Å². The van der Waals surface area contributed by atoms with Gasteiger partial charge in [0.05, 0.1) is 0 Å². The standard InChI is InChI=1S/C8H21N3/c1-8(6-11-7-9)4-3-5-10-2/h8,10-11H,3-7,9H2,1-2H3. The van der Waals surface area contributed by atoms with Crippen molar-refractivity contribution in [1.29, 1.82) is 0 Å². The van der Waals surface area contributed by atoms with Gasteiger partial charge in [0.2, 0.25) is 0 Å². The molecule has 0 heterocycles. The lowest BCUT2D eigenvalue weighted by Gasteiger charge is -2.10. The van der Waals surface area contributed by atoms with Crippen LogP contribution in [0.1, 0.15) is 19.8 Å². The average molecular weight is 159 g/mol. The highest BCUT2D eigenvalue weighted by Crippen LogP contribution is 2.02. The maximum atomic E-state index is 5.31. The van der Waals surface area contributed by atoms with Crippen LogP contribution >= 0.6 is 0 Å². The van der Waals surface area contributed by atoms with E-state index in [1.807, 2.05) is 7.05 Å². The van der Waals surface area contributed by atoms with Crippen molar-refractivity contribution >= 4 is 0 Å². The van der Waals surface area contributed by atoms with Crippen LogP contribution < -0.4 is 16.4 Å². The third kappa shape index (κ3) is 7.78. The summed E-state index contributed by atoms with van der Waals surface area (Å²) in [4.78, 5) is 0. The van der Waals surface area contributed by atoms with E-state index in [1.54, 1.807) is 0 Å². The molecule has 68 valence electrons. The van der Waals surface area contributed by atoms with Crippen LogP contribution in [-0.4, -0.2) is 26.8 Å². The van der Waals surface area contributed by atoms with E-state index in [0.717, 1.165) is 19.0 Å². The van der Waals surface area contributed by atoms with Gasteiger partial charge in [0.15, 0.2) is 0 Å². The molecule has 0 aromatic heterocycles. The molecule has 0 fully saturated rings. The molecule has 0 rings (SSSR count). The lowest BCUT2D eigenvalue weighted by atomic mass is 10.1. The summed E-state index contributed by atoms with van der Waals surface area (Å²) >= 11 is 0. The molecule has 0 amide bonds. The van der Waals surface area contributed by atoms with Crippen molar-refractivity contribution in [2.45, 2.75) is 19.8 Å². The van der Waals surface area contributed by atoms with Crippen molar-refractivity contribution in [2.75, 3.05) is 26.8 Å². The Hall–Kier alpha value is -0.120. The molecule has 3 nitrogen and oxygen atoms in total. The molecular formula is C8H21N3. The summed E-state index contributed by atoms with van der Waals surface area (Å²) in [5, 5.41) is 6.27. The highest BCUT2D eigenvalue weighted by atomic mass is 14.9. The van der Waals surface area contributed by atoms with Crippen LogP contribution in [0.2, 0.25) is 0 Å². The van der Waals surface area contributed by atoms with Gasteiger partial charge in [-0.05, 0) is 38.9 Å². The second kappa shape index (κ2) is 7.98. The summed E-state index contributed by atoms with van der Waals surface area (Å²) in [5.74, 6) is 0.742. The molecule has 11 heavy (non-hydrogen) atoms. The largest absolute Gasteiger partial charge is 0.320 e. The molecule has 1 atom stereocenters. The van der Waals surface area contributed by atoms with E-state index in [2.05, 4.69) is 17.6 Å². The molecule has 0 saturated heterocycles. The third-order valence-electron chi connectivity index (χ3n) is 1.76. The molecule has 0 aliphatic carbocycles. The molecule has 0 aromatic carbocycles. The van der Waals surface area contributed by atoms with E-state index in [9.17, 15) is 0 Å². The van der Waals surface area contributed by atoms with Gasteiger partial charge in [-0.25, -0.2) is 0 Å². The van der Waals surface area contributed by atoms with Gasteiger partial charge in [-0.3, -0.25) is 0 Å². The minimum atomic E-state index is 0.594. The Morgan fingerprint density at radius 1 is 1.45 bits per heavy atom. The summed E-state index contributed by atoms with van der Waals surface area (Å²) < 4.78 is 0. The van der Waals surface area contributed by atoms with Crippen LogP contribution in [-0.2, 0) is 0 Å². The number of hydrogen-bond donors (Lipinski definition) is 3. The summed E-state index contributed by atoms with van der Waals surface area (Å²) in [7, 11) is 1.99. The van der Waals surface area contributed by atoms with Gasteiger partial charge in [-0.1, -0.05) is 6.92 Å². The van der Waals surface area contributed by atoms with Gasteiger partial charge < -0.3 is 16.4 Å². The summed E-state index contributed by atoms with van der Waals surface area (Å²) in [6.45, 7) is 5.00. The zero-order valence-corrected chi connectivity index (χ0v) is 7.69. The average Bonchev–Trinajstić information content (AvgIpc) is 2.01. The van der Waals surface area contributed by atoms with Crippen molar-refractivity contribution in [3.63, 3.8) is 0 Å². The van der Waals surface area contributed by atoms with Crippen molar-refractivity contribution in [1.82, 2.24) is 10.6 Å². The Labute approximate surface area is 69.7 Å². The molecule has 4 N–H and O–H groups in total. The smallest absolute Gasteiger partial charge is 0.0428 e. The van der Waals surface area contributed by atoms with Crippen LogP contribution in [0.25, 0.3) is 0 Å². The summed E-state index contributed by atoms with van der Waals surface area (Å²) in [6, 6.07) is 0. The third-order valence-corrected chi connectivity index (χ3v) is 1.76. The Morgan fingerprint density at radius 3 is 2.73 bits per heavy atom.